The maximum Gasteiger partial charge on any atom is 0.407 e. The van der Waals surface area contributed by atoms with Crippen molar-refractivity contribution in [3.05, 3.63) is 66.8 Å². The largest absolute Gasteiger partial charge is 0.453 e. The number of nitrogens with one attached hydrogen (secondary N) is 5. The molecule has 2 unspecified atom stereocenters. The maximum atomic E-state index is 14.0. The Hall–Kier alpha value is -6.51. The summed E-state index contributed by atoms with van der Waals surface area (Å²) in [6, 6.07) is 10.9. The summed E-state index contributed by atoms with van der Waals surface area (Å²) in [7, 11) is 1.29. The van der Waals surface area contributed by atoms with E-state index in [0.717, 1.165) is 70.4 Å². The van der Waals surface area contributed by atoms with Crippen LogP contribution in [0.25, 0.3) is 44.7 Å². The molecule has 2 aliphatic heterocycles. The molecule has 17 nitrogen and oxygen atoms in total. The van der Waals surface area contributed by atoms with E-state index in [2.05, 4.69) is 66.6 Å². The fourth-order valence-electron chi connectivity index (χ4n) is 8.58. The van der Waals surface area contributed by atoms with E-state index in [9.17, 15) is 19.2 Å². The molecule has 2 fully saturated rings. The van der Waals surface area contributed by atoms with Crippen LogP contribution in [0.4, 0.5) is 4.79 Å². The van der Waals surface area contributed by atoms with E-state index in [1.165, 1.54) is 14.0 Å². The van der Waals surface area contributed by atoms with Gasteiger partial charge in [-0.1, -0.05) is 44.2 Å². The number of benzene rings is 2. The number of hydrogen-bond donors (Lipinski definition) is 5. The molecule has 2 atom stereocenters. The van der Waals surface area contributed by atoms with Gasteiger partial charge in [-0.15, -0.1) is 12.8 Å². The molecular formula is C47H60N10O7. The van der Waals surface area contributed by atoms with E-state index in [1.54, 1.807) is 28.5 Å². The minimum absolute atomic E-state index is 0.0221. The number of hydrogen-bond acceptors (Lipinski definition) is 10. The zero-order chi connectivity index (χ0) is 45.6. The van der Waals surface area contributed by atoms with Crippen molar-refractivity contribution in [1.29, 1.82) is 0 Å². The fraction of sp³-hybridized carbons (Fsp3) is 0.468. The van der Waals surface area contributed by atoms with Crippen LogP contribution in [0.2, 0.25) is 0 Å². The van der Waals surface area contributed by atoms with Crippen LogP contribution in [-0.4, -0.2) is 122 Å². The lowest BCUT2D eigenvalue weighted by molar-refractivity contribution is -0.139. The number of carbonyl (C=O) groups excluding carboxylic acids is 4. The van der Waals surface area contributed by atoms with Gasteiger partial charge in [0, 0.05) is 57.6 Å². The minimum atomic E-state index is -0.730. The number of carbonyl (C=O) groups is 4. The molecule has 4 amide bonds. The number of terminal acetylenes is 1. The monoisotopic (exact) mass is 876 g/mol. The van der Waals surface area contributed by atoms with Gasteiger partial charge in [0.05, 0.1) is 61.3 Å². The summed E-state index contributed by atoms with van der Waals surface area (Å²) in [4.78, 5) is 79.9. The predicted molar refractivity (Wildman–Crippen MR) is 242 cm³/mol. The van der Waals surface area contributed by atoms with Gasteiger partial charge in [0.15, 0.2) is 0 Å². The zero-order valence-corrected chi connectivity index (χ0v) is 37.2. The second-order valence-corrected chi connectivity index (χ2v) is 16.1. The average Bonchev–Trinajstić information content (AvgIpc) is 4.13. The third-order valence-electron chi connectivity index (χ3n) is 11.8. The molecule has 7 rings (SSSR count). The quantitative estimate of drug-likeness (QED) is 0.0707. The van der Waals surface area contributed by atoms with Crippen molar-refractivity contribution in [3.8, 4) is 46.5 Å². The first-order valence-electron chi connectivity index (χ1n) is 22.0. The second-order valence-electron chi connectivity index (χ2n) is 16.1. The number of nitrogens with zero attached hydrogens (tertiary/aromatic N) is 5. The van der Waals surface area contributed by atoms with Crippen molar-refractivity contribution in [2.75, 3.05) is 46.6 Å². The number of fused-ring (bicyclic) bond motifs is 1. The molecule has 0 aliphatic carbocycles. The molecule has 0 spiro atoms. The summed E-state index contributed by atoms with van der Waals surface area (Å²) >= 11 is 0. The molecule has 3 aromatic heterocycles. The number of amides is 4. The lowest BCUT2D eigenvalue weighted by Gasteiger charge is -2.33. The molecule has 5 N–H and O–H groups in total. The first-order chi connectivity index (χ1) is 31.2. The van der Waals surface area contributed by atoms with Gasteiger partial charge in [0.2, 0.25) is 17.7 Å². The Kier molecular flexibility index (Phi) is 16.7. The van der Waals surface area contributed by atoms with Crippen LogP contribution in [0.3, 0.4) is 0 Å². The third kappa shape index (κ3) is 11.3. The lowest BCUT2D eigenvalue weighted by atomic mass is 9.90. The molecule has 2 saturated heterocycles. The summed E-state index contributed by atoms with van der Waals surface area (Å²) < 4.78 is 15.9. The van der Waals surface area contributed by atoms with Crippen LogP contribution >= 0.6 is 0 Å². The Bertz CT molecular complexity index is 2340. The molecule has 5 heterocycles. The molecule has 5 aromatic rings. The molecule has 0 bridgehead atoms. The first kappa shape index (κ1) is 47.0. The van der Waals surface area contributed by atoms with Crippen molar-refractivity contribution in [2.45, 2.75) is 84.5 Å². The normalized spacial score (nSPS) is 15.3. The van der Waals surface area contributed by atoms with E-state index in [4.69, 9.17) is 19.2 Å². The van der Waals surface area contributed by atoms with E-state index in [-0.39, 0.29) is 36.1 Å². The standard InChI is InChI=1S/C45H58N10O7.C2H2/c1-5-17-54(43(57)39(50-28(3)56)31-13-19-61-20-14-31)25-37-46-23-35(51-37)30-9-7-29(8-10-30)33-11-12-34(42-41(33)48-27-49-42)36-24-47-38(52-36)26-55(18-6-2)44(58)40(53-45(59)60-4)32-15-21-62-22-16-32;1-2/h7-12,23-24,27,31-32,39-40H,5-6,13-22,25-26H2,1-4H3,(H,46,51)(H,47,52)(H,48,49)(H,50,56)(H,53,59);1-2H. The topological polar surface area (TPSA) is 213 Å². The van der Waals surface area contributed by atoms with Crippen LogP contribution in [0.5, 0.6) is 0 Å². The summed E-state index contributed by atoms with van der Waals surface area (Å²) in [6.45, 7) is 9.30. The van der Waals surface area contributed by atoms with E-state index >= 15 is 0 Å². The number of aromatic nitrogens is 6. The van der Waals surface area contributed by atoms with Gasteiger partial charge in [0.1, 0.15) is 23.7 Å². The number of ether oxygens (including phenoxy) is 3. The minimum Gasteiger partial charge on any atom is -0.453 e. The van der Waals surface area contributed by atoms with Crippen LogP contribution in [0, 0.1) is 24.7 Å². The van der Waals surface area contributed by atoms with Gasteiger partial charge in [-0.05, 0) is 67.6 Å². The van der Waals surface area contributed by atoms with Crippen molar-refractivity contribution in [1.82, 2.24) is 50.3 Å². The van der Waals surface area contributed by atoms with Gasteiger partial charge in [-0.25, -0.2) is 19.7 Å². The second kappa shape index (κ2) is 22.7. The highest BCUT2D eigenvalue weighted by atomic mass is 16.5. The van der Waals surface area contributed by atoms with Gasteiger partial charge in [-0.2, -0.15) is 0 Å². The summed E-state index contributed by atoms with van der Waals surface area (Å²) in [5, 5.41) is 5.71. The predicted octanol–water partition coefficient (Wildman–Crippen LogP) is 5.82. The summed E-state index contributed by atoms with van der Waals surface area (Å²) in [5.41, 5.74) is 6.99. The van der Waals surface area contributed by atoms with E-state index in [0.29, 0.717) is 70.6 Å². The van der Waals surface area contributed by atoms with Gasteiger partial charge in [0.25, 0.3) is 0 Å². The molecule has 0 radical (unpaired) electrons. The first-order valence-corrected chi connectivity index (χ1v) is 22.0. The number of rotatable bonds is 17. The average molecular weight is 877 g/mol. The van der Waals surface area contributed by atoms with E-state index in [1.807, 2.05) is 32.0 Å². The molecule has 2 aliphatic rings. The Morgan fingerprint density at radius 1 is 0.734 bits per heavy atom. The van der Waals surface area contributed by atoms with Crippen molar-refractivity contribution in [3.63, 3.8) is 0 Å². The molecule has 0 saturated carbocycles. The number of aromatic amines is 3. The summed E-state index contributed by atoms with van der Waals surface area (Å²) in [6.07, 6.45) is 16.9. The zero-order valence-electron chi connectivity index (χ0n) is 37.2. The molecular weight excluding hydrogens is 817 g/mol. The van der Waals surface area contributed by atoms with Gasteiger partial charge >= 0.3 is 6.09 Å². The fourth-order valence-corrected chi connectivity index (χ4v) is 8.58. The van der Waals surface area contributed by atoms with Crippen molar-refractivity contribution in [2.24, 2.45) is 11.8 Å². The van der Waals surface area contributed by atoms with Crippen LogP contribution < -0.4 is 10.6 Å². The Labute approximate surface area is 373 Å². The highest BCUT2D eigenvalue weighted by Crippen LogP contribution is 2.34. The lowest BCUT2D eigenvalue weighted by Crippen LogP contribution is -2.53. The van der Waals surface area contributed by atoms with Crippen LogP contribution in [-0.2, 0) is 41.7 Å². The third-order valence-corrected chi connectivity index (χ3v) is 11.8. The SMILES string of the molecule is C#C.CCCN(Cc1ncc(-c2ccc(-c3ccc(-c4cnc(CN(CCC)C(=O)C(NC(=O)OC)C5CCOCC5)[nH]4)c4nc[nH]c34)cc2)[nH]1)C(=O)C(NC(C)=O)C1CCOCC1. The number of alkyl carbamates (subject to hydrolysis) is 1. The highest BCUT2D eigenvalue weighted by molar-refractivity contribution is 6.00. The molecule has 2 aromatic carbocycles. The van der Waals surface area contributed by atoms with Crippen LogP contribution in [0.15, 0.2) is 55.1 Å². The Balaban J connectivity index is 0.00000335. The summed E-state index contributed by atoms with van der Waals surface area (Å²) in [5.74, 6) is 0.739. The number of methoxy groups -OCH3 is 1. The Morgan fingerprint density at radius 2 is 1.23 bits per heavy atom. The Morgan fingerprint density at radius 3 is 1.77 bits per heavy atom. The van der Waals surface area contributed by atoms with Crippen LogP contribution in [0.1, 0.15) is 70.9 Å². The number of imidazole rings is 3. The van der Waals surface area contributed by atoms with Crippen molar-refractivity contribution >= 4 is 34.8 Å². The molecule has 340 valence electrons. The van der Waals surface area contributed by atoms with E-state index < -0.39 is 18.2 Å². The van der Waals surface area contributed by atoms with Gasteiger partial charge < -0.3 is 49.6 Å². The van der Waals surface area contributed by atoms with Gasteiger partial charge in [-0.3, -0.25) is 14.4 Å². The maximum absolute atomic E-state index is 14.0. The highest BCUT2D eigenvalue weighted by Gasteiger charge is 2.36. The molecule has 17 heteroatoms. The smallest absolute Gasteiger partial charge is 0.407 e. The van der Waals surface area contributed by atoms with Crippen molar-refractivity contribution < 1.29 is 33.4 Å². The molecule has 64 heavy (non-hydrogen) atoms. The number of H-pyrrole nitrogens is 3.